The monoisotopic (exact) mass is 450 g/mol. The van der Waals surface area contributed by atoms with Crippen molar-refractivity contribution in [2.45, 2.75) is 32.2 Å². The van der Waals surface area contributed by atoms with E-state index in [1.165, 1.54) is 11.3 Å². The highest BCUT2D eigenvalue weighted by atomic mass is 16.5. The number of pyridine rings is 1. The van der Waals surface area contributed by atoms with Gasteiger partial charge in [-0.3, -0.25) is 9.69 Å². The number of benzene rings is 1. The first kappa shape index (κ1) is 21.3. The number of piperazine rings is 1. The predicted octanol–water partition coefficient (Wildman–Crippen LogP) is 3.07. The summed E-state index contributed by atoms with van der Waals surface area (Å²) in [5.74, 6) is 1.71. The van der Waals surface area contributed by atoms with Gasteiger partial charge < -0.3 is 19.7 Å². The van der Waals surface area contributed by atoms with E-state index in [0.717, 1.165) is 76.2 Å². The van der Waals surface area contributed by atoms with Gasteiger partial charge in [-0.2, -0.15) is 0 Å². The minimum atomic E-state index is 0.0852. The fourth-order valence-corrected chi connectivity index (χ4v) is 6.20. The van der Waals surface area contributed by atoms with Gasteiger partial charge in [0.2, 0.25) is 5.91 Å². The van der Waals surface area contributed by atoms with E-state index in [1.54, 1.807) is 0 Å². The fourth-order valence-electron chi connectivity index (χ4n) is 6.20. The van der Waals surface area contributed by atoms with Gasteiger partial charge in [-0.1, -0.05) is 0 Å². The Morgan fingerprint density at radius 1 is 1.09 bits per heavy atom. The van der Waals surface area contributed by atoms with Gasteiger partial charge in [0, 0.05) is 68.1 Å². The van der Waals surface area contributed by atoms with Crippen molar-refractivity contribution in [1.29, 1.82) is 0 Å². The molecular weight excluding hydrogens is 416 g/mol. The quantitative estimate of drug-likeness (QED) is 0.772. The summed E-state index contributed by atoms with van der Waals surface area (Å²) >= 11 is 0. The van der Waals surface area contributed by atoms with E-state index in [-0.39, 0.29) is 17.4 Å². The molecule has 1 N–H and O–H groups in total. The molecule has 7 heteroatoms. The third-order valence-electron chi connectivity index (χ3n) is 8.41. The summed E-state index contributed by atoms with van der Waals surface area (Å²) in [6.45, 7) is 11.9. The lowest BCUT2D eigenvalue weighted by atomic mass is 9.97. The highest BCUT2D eigenvalue weighted by Gasteiger charge is 2.55. The van der Waals surface area contributed by atoms with Gasteiger partial charge in [-0.05, 0) is 67.7 Å². The second-order valence-corrected chi connectivity index (χ2v) is 10.5. The Balaban J connectivity index is 1.17. The zero-order valence-electron chi connectivity index (χ0n) is 19.7. The first-order chi connectivity index (χ1) is 16.0. The van der Waals surface area contributed by atoms with Crippen molar-refractivity contribution in [3.8, 4) is 0 Å². The van der Waals surface area contributed by atoms with Crippen LogP contribution in [-0.2, 0) is 14.3 Å². The molecule has 3 aliphatic heterocycles. The zero-order chi connectivity index (χ0) is 22.6. The molecule has 4 fully saturated rings. The molecule has 4 aliphatic rings. The summed E-state index contributed by atoms with van der Waals surface area (Å²) in [5.41, 5.74) is 2.74. The Bertz CT molecular complexity index is 1050. The van der Waals surface area contributed by atoms with Crippen LogP contribution in [0.3, 0.4) is 0 Å². The van der Waals surface area contributed by atoms with Crippen LogP contribution in [0.4, 0.5) is 11.5 Å². The number of anilines is 2. The van der Waals surface area contributed by atoms with Gasteiger partial charge in [-0.25, -0.2) is 4.98 Å². The summed E-state index contributed by atoms with van der Waals surface area (Å²) in [6.07, 6.45) is 4.00. The molecule has 176 valence electrons. The SMILES string of the molecule is Cc1cc2cnc(NC(=O)[C@@H]3[C@@H]4COCC[C@@H]43)cc2cc1N1CCN([C@@]2(C)CCOC2)CC1. The van der Waals surface area contributed by atoms with Crippen LogP contribution < -0.4 is 10.2 Å². The third kappa shape index (κ3) is 3.90. The zero-order valence-corrected chi connectivity index (χ0v) is 19.7. The molecule has 1 aromatic heterocycles. The van der Waals surface area contributed by atoms with Crippen molar-refractivity contribution in [3.63, 3.8) is 0 Å². The van der Waals surface area contributed by atoms with E-state index < -0.39 is 0 Å². The number of aryl methyl sites for hydroxylation is 1. The first-order valence-corrected chi connectivity index (χ1v) is 12.4. The van der Waals surface area contributed by atoms with Crippen LogP contribution >= 0.6 is 0 Å². The Kier molecular flexibility index (Phi) is 5.31. The smallest absolute Gasteiger partial charge is 0.229 e. The highest BCUT2D eigenvalue weighted by molar-refractivity contribution is 5.96. The van der Waals surface area contributed by atoms with Crippen LogP contribution in [0.25, 0.3) is 10.8 Å². The van der Waals surface area contributed by atoms with Crippen molar-refractivity contribution in [3.05, 3.63) is 30.0 Å². The maximum absolute atomic E-state index is 12.8. The van der Waals surface area contributed by atoms with E-state index in [9.17, 15) is 4.79 Å². The van der Waals surface area contributed by atoms with Crippen molar-refractivity contribution in [2.24, 2.45) is 17.8 Å². The van der Waals surface area contributed by atoms with E-state index >= 15 is 0 Å². The number of hydrogen-bond acceptors (Lipinski definition) is 6. The van der Waals surface area contributed by atoms with Crippen LogP contribution in [0.1, 0.15) is 25.3 Å². The van der Waals surface area contributed by atoms with Crippen molar-refractivity contribution < 1.29 is 14.3 Å². The average Bonchev–Trinajstić information content (AvgIpc) is 3.40. The van der Waals surface area contributed by atoms with E-state index in [0.29, 0.717) is 17.7 Å². The number of nitrogens with zero attached hydrogens (tertiary/aromatic N) is 3. The molecule has 4 heterocycles. The van der Waals surface area contributed by atoms with E-state index in [1.807, 2.05) is 12.3 Å². The molecule has 0 unspecified atom stereocenters. The van der Waals surface area contributed by atoms with Crippen LogP contribution in [0.2, 0.25) is 0 Å². The maximum atomic E-state index is 12.8. The Labute approximate surface area is 195 Å². The van der Waals surface area contributed by atoms with Gasteiger partial charge in [-0.15, -0.1) is 0 Å². The van der Waals surface area contributed by atoms with Crippen LogP contribution in [0.5, 0.6) is 0 Å². The number of carbonyl (C=O) groups is 1. The van der Waals surface area contributed by atoms with Crippen LogP contribution in [0, 0.1) is 24.7 Å². The largest absolute Gasteiger partial charge is 0.381 e. The fraction of sp³-hybridized carbons (Fsp3) is 0.615. The lowest BCUT2D eigenvalue weighted by Gasteiger charge is -2.44. The highest BCUT2D eigenvalue weighted by Crippen LogP contribution is 2.51. The van der Waals surface area contributed by atoms with E-state index in [2.05, 4.69) is 46.1 Å². The molecule has 1 aliphatic carbocycles. The number of amides is 1. The van der Waals surface area contributed by atoms with Crippen LogP contribution in [-0.4, -0.2) is 73.9 Å². The molecule has 7 nitrogen and oxygen atoms in total. The number of hydrogen-bond donors (Lipinski definition) is 1. The molecular formula is C26H34N4O3. The molecule has 1 saturated carbocycles. The summed E-state index contributed by atoms with van der Waals surface area (Å²) < 4.78 is 11.2. The number of nitrogens with one attached hydrogen (secondary N) is 1. The van der Waals surface area contributed by atoms with Crippen molar-refractivity contribution >= 4 is 28.2 Å². The van der Waals surface area contributed by atoms with Gasteiger partial charge >= 0.3 is 0 Å². The topological polar surface area (TPSA) is 66.9 Å². The second kappa shape index (κ2) is 8.22. The Morgan fingerprint density at radius 2 is 1.94 bits per heavy atom. The van der Waals surface area contributed by atoms with Gasteiger partial charge in [0.25, 0.3) is 0 Å². The summed E-state index contributed by atoms with van der Waals surface area (Å²) in [5, 5.41) is 5.30. The Hall–Kier alpha value is -2.22. The average molecular weight is 451 g/mol. The Morgan fingerprint density at radius 3 is 2.67 bits per heavy atom. The molecule has 6 rings (SSSR count). The van der Waals surface area contributed by atoms with Crippen LogP contribution in [0.15, 0.2) is 24.4 Å². The maximum Gasteiger partial charge on any atom is 0.229 e. The second-order valence-electron chi connectivity index (χ2n) is 10.5. The van der Waals surface area contributed by atoms with E-state index in [4.69, 9.17) is 9.47 Å². The third-order valence-corrected chi connectivity index (χ3v) is 8.41. The molecule has 0 bridgehead atoms. The molecule has 33 heavy (non-hydrogen) atoms. The lowest BCUT2D eigenvalue weighted by molar-refractivity contribution is -0.117. The van der Waals surface area contributed by atoms with Gasteiger partial charge in [0.15, 0.2) is 0 Å². The number of carbonyl (C=O) groups excluding carboxylic acids is 1. The molecule has 3 saturated heterocycles. The summed E-state index contributed by atoms with van der Waals surface area (Å²) in [4.78, 5) is 22.4. The molecule has 1 aromatic carbocycles. The minimum absolute atomic E-state index is 0.0852. The first-order valence-electron chi connectivity index (χ1n) is 12.4. The van der Waals surface area contributed by atoms with Crippen molar-refractivity contribution in [2.75, 3.05) is 62.8 Å². The standard InChI is InChI=1S/C26H34N4O3/c1-17-11-19-14-27-23(28-25(31)24-20-3-9-32-15-21(20)24)13-18(19)12-22(17)29-5-7-30(8-6-29)26(2)4-10-33-16-26/h11-14,20-21,24H,3-10,15-16H2,1-2H3,(H,27,28,31)/t20-,21+,24-,26-/m0/s1. The molecule has 0 radical (unpaired) electrons. The van der Waals surface area contributed by atoms with Gasteiger partial charge in [0.1, 0.15) is 5.82 Å². The number of aromatic nitrogens is 1. The number of ether oxygens (including phenoxy) is 2. The van der Waals surface area contributed by atoms with Gasteiger partial charge in [0.05, 0.1) is 13.2 Å². The summed E-state index contributed by atoms with van der Waals surface area (Å²) in [6, 6.07) is 6.50. The molecule has 4 atom stereocenters. The lowest BCUT2D eigenvalue weighted by Crippen LogP contribution is -2.56. The number of rotatable bonds is 4. The van der Waals surface area contributed by atoms with Crippen molar-refractivity contribution in [1.82, 2.24) is 9.88 Å². The normalized spacial score (nSPS) is 32.1. The predicted molar refractivity (Wildman–Crippen MR) is 129 cm³/mol. The molecule has 0 spiro atoms. The minimum Gasteiger partial charge on any atom is -0.381 e. The molecule has 1 amide bonds. The molecule has 2 aromatic rings. The number of fused-ring (bicyclic) bond motifs is 2. The summed E-state index contributed by atoms with van der Waals surface area (Å²) in [7, 11) is 0.